The number of hydrogen-bond acceptors (Lipinski definition) is 9. The lowest BCUT2D eigenvalue weighted by Crippen LogP contribution is -2.68. The normalized spacial score (nSPS) is 29.4. The number of hydrogen-bond donors (Lipinski definition) is 4. The van der Waals surface area contributed by atoms with Crippen molar-refractivity contribution in [3.63, 3.8) is 0 Å². The SMILES string of the molecule is CCC1=C(C(=O)O)N2C(=O)C(N)C2SC1.COCC1=C(C(=O)O)N2C(=O)C(N)C2SC1. The van der Waals surface area contributed by atoms with Crippen molar-refractivity contribution in [3.05, 3.63) is 22.5 Å². The Hall–Kier alpha value is -2.06. The zero-order valence-electron chi connectivity index (χ0n) is 16.9. The van der Waals surface area contributed by atoms with Gasteiger partial charge in [0.15, 0.2) is 0 Å². The van der Waals surface area contributed by atoms with E-state index in [0.29, 0.717) is 23.5 Å². The first-order valence-corrected chi connectivity index (χ1v) is 11.5. The first-order valence-electron chi connectivity index (χ1n) is 9.45. The number of carbonyl (C=O) groups excluding carboxylic acids is 2. The van der Waals surface area contributed by atoms with Gasteiger partial charge < -0.3 is 26.4 Å². The molecule has 4 unspecified atom stereocenters. The molecule has 4 rings (SSSR count). The van der Waals surface area contributed by atoms with Crippen molar-refractivity contribution < 1.29 is 34.1 Å². The van der Waals surface area contributed by atoms with Crippen molar-refractivity contribution in [2.45, 2.75) is 36.2 Å². The predicted octanol–water partition coefficient (Wildman–Crippen LogP) is -0.809. The fourth-order valence-electron chi connectivity index (χ4n) is 3.72. The molecule has 2 amide bonds. The number of carboxylic acid groups (broad SMARTS) is 2. The van der Waals surface area contributed by atoms with Crippen molar-refractivity contribution >= 4 is 47.3 Å². The molecule has 0 saturated carbocycles. The molecule has 2 saturated heterocycles. The van der Waals surface area contributed by atoms with Gasteiger partial charge in [-0.05, 0) is 17.6 Å². The number of carboxylic acids is 2. The predicted molar refractivity (Wildman–Crippen MR) is 114 cm³/mol. The molecule has 0 bridgehead atoms. The Morgan fingerprint density at radius 2 is 1.39 bits per heavy atom. The van der Waals surface area contributed by atoms with E-state index in [1.165, 1.54) is 40.4 Å². The Kier molecular flexibility index (Phi) is 7.01. The van der Waals surface area contributed by atoms with E-state index in [2.05, 4.69) is 0 Å². The largest absolute Gasteiger partial charge is 0.477 e. The van der Waals surface area contributed by atoms with Crippen LogP contribution in [0.5, 0.6) is 0 Å². The molecule has 31 heavy (non-hydrogen) atoms. The molecule has 4 aliphatic rings. The number of nitrogens with zero attached hydrogens (tertiary/aromatic N) is 2. The third-order valence-electron chi connectivity index (χ3n) is 5.33. The maximum atomic E-state index is 11.5. The first kappa shape index (κ1) is 23.6. The number of β-lactam (4-membered cyclic amide) rings is 2. The van der Waals surface area contributed by atoms with Crippen LogP contribution in [-0.2, 0) is 23.9 Å². The van der Waals surface area contributed by atoms with Crippen LogP contribution in [0, 0.1) is 0 Å². The molecule has 0 radical (unpaired) electrons. The summed E-state index contributed by atoms with van der Waals surface area (Å²) in [5.74, 6) is -1.55. The van der Waals surface area contributed by atoms with Gasteiger partial charge in [-0.15, -0.1) is 23.5 Å². The number of carbonyl (C=O) groups is 4. The van der Waals surface area contributed by atoms with Gasteiger partial charge in [0.2, 0.25) is 11.8 Å². The van der Waals surface area contributed by atoms with Crippen molar-refractivity contribution in [2.75, 3.05) is 25.2 Å². The molecule has 170 valence electrons. The van der Waals surface area contributed by atoms with E-state index in [-0.39, 0.29) is 40.6 Å². The lowest BCUT2D eigenvalue weighted by Gasteiger charge is -2.48. The summed E-state index contributed by atoms with van der Waals surface area (Å²) in [5, 5.41) is 17.7. The van der Waals surface area contributed by atoms with Gasteiger partial charge in [-0.25, -0.2) is 9.59 Å². The molecule has 11 nitrogen and oxygen atoms in total. The Morgan fingerprint density at radius 1 is 0.968 bits per heavy atom. The second-order valence-corrected chi connectivity index (χ2v) is 9.38. The number of rotatable bonds is 5. The molecule has 0 spiro atoms. The molecule has 0 aromatic heterocycles. The standard InChI is InChI=1S/C9H12N2O4S.C9H12N2O3S/c1-15-2-4-3-16-8-5(10)7(12)11(8)6(4)9(13)14;1-2-4-3-15-8-5(10)7(12)11(8)6(4)9(13)14/h5,8H,2-3,10H2,1H3,(H,13,14);5,8H,2-3,10H2,1H3,(H,13,14). The molecule has 2 fully saturated rings. The molecular weight excluding hydrogens is 448 g/mol. The number of amides is 2. The van der Waals surface area contributed by atoms with Crippen LogP contribution in [0.1, 0.15) is 13.3 Å². The average Bonchev–Trinajstić information content (AvgIpc) is 2.76. The van der Waals surface area contributed by atoms with E-state index < -0.39 is 24.0 Å². The summed E-state index contributed by atoms with van der Waals surface area (Å²) in [6.07, 6.45) is 0.653. The fraction of sp³-hybridized carbons (Fsp3) is 0.556. The van der Waals surface area contributed by atoms with Crippen LogP contribution >= 0.6 is 23.5 Å². The van der Waals surface area contributed by atoms with Gasteiger partial charge in [-0.1, -0.05) is 6.92 Å². The van der Waals surface area contributed by atoms with Gasteiger partial charge in [0.05, 0.1) is 6.61 Å². The van der Waals surface area contributed by atoms with Crippen LogP contribution in [0.4, 0.5) is 0 Å². The zero-order chi connectivity index (χ0) is 23.0. The Balaban J connectivity index is 0.000000176. The molecule has 4 atom stereocenters. The van der Waals surface area contributed by atoms with Gasteiger partial charge in [-0.3, -0.25) is 19.4 Å². The van der Waals surface area contributed by atoms with E-state index >= 15 is 0 Å². The molecule has 6 N–H and O–H groups in total. The van der Waals surface area contributed by atoms with Gasteiger partial charge in [0.1, 0.15) is 34.2 Å². The smallest absolute Gasteiger partial charge is 0.352 e. The molecule has 4 heterocycles. The number of ether oxygens (including phenoxy) is 1. The van der Waals surface area contributed by atoms with Crippen LogP contribution in [0.25, 0.3) is 0 Å². The van der Waals surface area contributed by atoms with Gasteiger partial charge in [0.25, 0.3) is 0 Å². The minimum atomic E-state index is -1.10. The summed E-state index contributed by atoms with van der Waals surface area (Å²) in [6, 6.07) is -1.12. The number of thioether (sulfide) groups is 2. The summed E-state index contributed by atoms with van der Waals surface area (Å²) in [7, 11) is 1.49. The Morgan fingerprint density at radius 3 is 1.77 bits per heavy atom. The zero-order valence-corrected chi connectivity index (χ0v) is 18.6. The molecular formula is C18H24N4O7S2. The van der Waals surface area contributed by atoms with E-state index in [1.807, 2.05) is 6.92 Å². The fourth-order valence-corrected chi connectivity index (χ4v) is 6.38. The van der Waals surface area contributed by atoms with Gasteiger partial charge in [-0.2, -0.15) is 0 Å². The number of aliphatic carboxylic acids is 2. The second kappa shape index (κ2) is 9.20. The van der Waals surface area contributed by atoms with E-state index in [4.69, 9.17) is 26.4 Å². The molecule has 0 aliphatic carbocycles. The van der Waals surface area contributed by atoms with Crippen molar-refractivity contribution in [1.29, 1.82) is 0 Å². The second-order valence-electron chi connectivity index (χ2n) is 7.17. The average molecular weight is 473 g/mol. The molecule has 0 aromatic rings. The number of fused-ring (bicyclic) bond motifs is 2. The van der Waals surface area contributed by atoms with Crippen molar-refractivity contribution in [2.24, 2.45) is 11.5 Å². The Labute approximate surface area is 186 Å². The molecule has 13 heteroatoms. The van der Waals surface area contributed by atoms with E-state index in [1.54, 1.807) is 0 Å². The lowest BCUT2D eigenvalue weighted by atomic mass is 10.0. The minimum Gasteiger partial charge on any atom is -0.477 e. The van der Waals surface area contributed by atoms with Crippen LogP contribution in [0.3, 0.4) is 0 Å². The minimum absolute atomic E-state index is 0.0392. The molecule has 0 aromatic carbocycles. The first-order chi connectivity index (χ1) is 14.6. The third kappa shape index (κ3) is 3.96. The summed E-state index contributed by atoms with van der Waals surface area (Å²) in [4.78, 5) is 47.7. The maximum absolute atomic E-state index is 11.5. The quantitative estimate of drug-likeness (QED) is 0.368. The third-order valence-corrected chi connectivity index (χ3v) is 8.05. The Bertz CT molecular complexity index is 890. The monoisotopic (exact) mass is 472 g/mol. The summed E-state index contributed by atoms with van der Waals surface area (Å²) >= 11 is 3.01. The number of methoxy groups -OCH3 is 1. The van der Waals surface area contributed by atoms with E-state index in [9.17, 15) is 19.2 Å². The van der Waals surface area contributed by atoms with Crippen LogP contribution in [0.2, 0.25) is 0 Å². The summed E-state index contributed by atoms with van der Waals surface area (Å²) in [6.45, 7) is 2.11. The number of nitrogens with two attached hydrogens (primary N) is 2. The van der Waals surface area contributed by atoms with Crippen LogP contribution in [-0.4, -0.2) is 91.8 Å². The van der Waals surface area contributed by atoms with Crippen LogP contribution in [0.15, 0.2) is 22.5 Å². The highest BCUT2D eigenvalue weighted by Crippen LogP contribution is 2.40. The summed E-state index contributed by atoms with van der Waals surface area (Å²) < 4.78 is 4.93. The van der Waals surface area contributed by atoms with Crippen molar-refractivity contribution in [3.8, 4) is 0 Å². The highest BCUT2D eigenvalue weighted by atomic mass is 32.2. The van der Waals surface area contributed by atoms with E-state index in [0.717, 1.165) is 5.57 Å². The molecule has 4 aliphatic heterocycles. The topological polar surface area (TPSA) is 176 Å². The van der Waals surface area contributed by atoms with Gasteiger partial charge >= 0.3 is 11.9 Å². The summed E-state index contributed by atoms with van der Waals surface area (Å²) in [5.41, 5.74) is 12.8. The highest BCUT2D eigenvalue weighted by Gasteiger charge is 2.52. The lowest BCUT2D eigenvalue weighted by molar-refractivity contribution is -0.148. The van der Waals surface area contributed by atoms with Crippen molar-refractivity contribution in [1.82, 2.24) is 9.80 Å². The van der Waals surface area contributed by atoms with Gasteiger partial charge in [0, 0.05) is 18.6 Å². The van der Waals surface area contributed by atoms with Crippen LogP contribution < -0.4 is 11.5 Å². The maximum Gasteiger partial charge on any atom is 0.352 e. The highest BCUT2D eigenvalue weighted by molar-refractivity contribution is 8.00.